The molecule has 2 N–H and O–H groups in total. The van der Waals surface area contributed by atoms with Crippen LogP contribution in [0.4, 0.5) is 0 Å². The predicted octanol–water partition coefficient (Wildman–Crippen LogP) is 4.31. The Morgan fingerprint density at radius 1 is 0.750 bits per heavy atom. The Hall–Kier alpha value is -0.0800. The van der Waals surface area contributed by atoms with Crippen molar-refractivity contribution in [2.45, 2.75) is 84.2 Å². The summed E-state index contributed by atoms with van der Waals surface area (Å²) in [5, 5.41) is 7.60. The Labute approximate surface area is 126 Å². The van der Waals surface area contributed by atoms with E-state index in [-0.39, 0.29) is 0 Å². The zero-order valence-corrected chi connectivity index (χ0v) is 13.8. The Morgan fingerprint density at radius 2 is 1.45 bits per heavy atom. The summed E-state index contributed by atoms with van der Waals surface area (Å²) in [5.74, 6) is 2.79. The summed E-state index contributed by atoms with van der Waals surface area (Å²) in [6, 6.07) is 0. The van der Waals surface area contributed by atoms with Gasteiger partial charge in [0.1, 0.15) is 0 Å². The molecule has 20 heavy (non-hydrogen) atoms. The molecule has 0 atom stereocenters. The van der Waals surface area contributed by atoms with Crippen molar-refractivity contribution in [1.29, 1.82) is 0 Å². The molecule has 1 heterocycles. The minimum Gasteiger partial charge on any atom is -0.301 e. The van der Waals surface area contributed by atoms with Crippen LogP contribution in [0, 0.1) is 17.8 Å². The van der Waals surface area contributed by atoms with E-state index in [1.165, 1.54) is 77.3 Å². The first-order valence-electron chi connectivity index (χ1n) is 9.30. The SMILES string of the molecule is CCCCCC1CNC(C2CCC(CCC)CC2)NC1. The number of hydrogen-bond donors (Lipinski definition) is 2. The van der Waals surface area contributed by atoms with Crippen molar-refractivity contribution in [3.8, 4) is 0 Å². The van der Waals surface area contributed by atoms with Crippen molar-refractivity contribution in [1.82, 2.24) is 10.6 Å². The molecule has 1 saturated carbocycles. The van der Waals surface area contributed by atoms with Crippen LogP contribution in [0.15, 0.2) is 0 Å². The molecule has 2 rings (SSSR count). The first-order chi connectivity index (χ1) is 9.83. The standard InChI is InChI=1S/C18H36N2/c1-3-5-6-8-16-13-19-18(20-14-16)17-11-9-15(7-4-2)10-12-17/h15-20H,3-14H2,1-2H3. The smallest absolute Gasteiger partial charge is 0.0600 e. The van der Waals surface area contributed by atoms with Crippen LogP contribution in [-0.2, 0) is 0 Å². The van der Waals surface area contributed by atoms with Gasteiger partial charge in [0.2, 0.25) is 0 Å². The Morgan fingerprint density at radius 3 is 2.05 bits per heavy atom. The van der Waals surface area contributed by atoms with E-state index in [1.807, 2.05) is 0 Å². The van der Waals surface area contributed by atoms with Crippen LogP contribution in [-0.4, -0.2) is 19.3 Å². The Bertz CT molecular complexity index is 238. The summed E-state index contributed by atoms with van der Waals surface area (Å²) < 4.78 is 0. The lowest BCUT2D eigenvalue weighted by molar-refractivity contribution is 0.158. The van der Waals surface area contributed by atoms with Gasteiger partial charge in [0, 0.05) is 13.1 Å². The molecule has 2 fully saturated rings. The highest BCUT2D eigenvalue weighted by molar-refractivity contribution is 4.85. The zero-order chi connectivity index (χ0) is 14.2. The van der Waals surface area contributed by atoms with Crippen LogP contribution < -0.4 is 10.6 Å². The molecule has 1 aliphatic heterocycles. The highest BCUT2D eigenvalue weighted by Crippen LogP contribution is 2.33. The van der Waals surface area contributed by atoms with Crippen molar-refractivity contribution < 1.29 is 0 Å². The Balaban J connectivity index is 1.62. The third kappa shape index (κ3) is 5.04. The number of nitrogens with one attached hydrogen (secondary N) is 2. The molecule has 0 spiro atoms. The largest absolute Gasteiger partial charge is 0.301 e. The molecule has 2 aliphatic rings. The summed E-state index contributed by atoms with van der Waals surface area (Å²) in [6.07, 6.45) is 14.8. The molecule has 2 nitrogen and oxygen atoms in total. The summed E-state index contributed by atoms with van der Waals surface area (Å²) in [7, 11) is 0. The monoisotopic (exact) mass is 280 g/mol. The first-order valence-corrected chi connectivity index (χ1v) is 9.30. The quantitative estimate of drug-likeness (QED) is 0.679. The fourth-order valence-electron chi connectivity index (χ4n) is 4.17. The molecule has 0 bridgehead atoms. The molecule has 0 aromatic rings. The maximum Gasteiger partial charge on any atom is 0.0600 e. The summed E-state index contributed by atoms with van der Waals surface area (Å²) in [4.78, 5) is 0. The Kier molecular flexibility index (Phi) is 7.37. The van der Waals surface area contributed by atoms with Gasteiger partial charge in [0.05, 0.1) is 6.17 Å². The average molecular weight is 280 g/mol. The minimum atomic E-state index is 0.611. The number of unbranched alkanes of at least 4 members (excludes halogenated alkanes) is 2. The molecule has 118 valence electrons. The molecular formula is C18H36N2. The van der Waals surface area contributed by atoms with Crippen molar-refractivity contribution in [2.75, 3.05) is 13.1 Å². The fraction of sp³-hybridized carbons (Fsp3) is 1.00. The van der Waals surface area contributed by atoms with Crippen LogP contribution in [0.2, 0.25) is 0 Å². The van der Waals surface area contributed by atoms with Gasteiger partial charge in [-0.1, -0.05) is 58.8 Å². The lowest BCUT2D eigenvalue weighted by Crippen LogP contribution is -2.56. The number of rotatable bonds is 7. The van der Waals surface area contributed by atoms with E-state index < -0.39 is 0 Å². The van der Waals surface area contributed by atoms with Gasteiger partial charge in [0.15, 0.2) is 0 Å². The maximum atomic E-state index is 3.80. The molecule has 0 radical (unpaired) electrons. The van der Waals surface area contributed by atoms with Crippen molar-refractivity contribution in [3.63, 3.8) is 0 Å². The van der Waals surface area contributed by atoms with Gasteiger partial charge in [-0.3, -0.25) is 0 Å². The highest BCUT2D eigenvalue weighted by atomic mass is 15.2. The minimum absolute atomic E-state index is 0.611. The summed E-state index contributed by atoms with van der Waals surface area (Å²) in [5.41, 5.74) is 0. The first kappa shape index (κ1) is 16.3. The van der Waals surface area contributed by atoms with Gasteiger partial charge >= 0.3 is 0 Å². The summed E-state index contributed by atoms with van der Waals surface area (Å²) >= 11 is 0. The second-order valence-corrected chi connectivity index (χ2v) is 7.23. The molecule has 0 unspecified atom stereocenters. The lowest BCUT2D eigenvalue weighted by Gasteiger charge is -2.39. The van der Waals surface area contributed by atoms with E-state index in [2.05, 4.69) is 24.5 Å². The van der Waals surface area contributed by atoms with E-state index in [9.17, 15) is 0 Å². The molecule has 0 aromatic carbocycles. The van der Waals surface area contributed by atoms with Crippen LogP contribution in [0.5, 0.6) is 0 Å². The highest BCUT2D eigenvalue weighted by Gasteiger charge is 2.29. The molecular weight excluding hydrogens is 244 g/mol. The third-order valence-electron chi connectivity index (χ3n) is 5.53. The van der Waals surface area contributed by atoms with Crippen molar-refractivity contribution >= 4 is 0 Å². The van der Waals surface area contributed by atoms with Crippen molar-refractivity contribution in [3.05, 3.63) is 0 Å². The van der Waals surface area contributed by atoms with E-state index >= 15 is 0 Å². The van der Waals surface area contributed by atoms with Crippen LogP contribution in [0.25, 0.3) is 0 Å². The van der Waals surface area contributed by atoms with Gasteiger partial charge in [-0.15, -0.1) is 0 Å². The maximum absolute atomic E-state index is 3.80. The third-order valence-corrected chi connectivity index (χ3v) is 5.53. The molecule has 1 aliphatic carbocycles. The van der Waals surface area contributed by atoms with Crippen molar-refractivity contribution in [2.24, 2.45) is 17.8 Å². The van der Waals surface area contributed by atoms with E-state index in [4.69, 9.17) is 0 Å². The molecule has 2 heteroatoms. The van der Waals surface area contributed by atoms with E-state index in [0.717, 1.165) is 17.8 Å². The summed E-state index contributed by atoms with van der Waals surface area (Å²) in [6.45, 7) is 7.11. The lowest BCUT2D eigenvalue weighted by atomic mass is 9.78. The van der Waals surface area contributed by atoms with Gasteiger partial charge in [-0.05, 0) is 37.0 Å². The molecule has 0 amide bonds. The van der Waals surface area contributed by atoms with E-state index in [1.54, 1.807) is 0 Å². The second kappa shape index (κ2) is 9.04. The van der Waals surface area contributed by atoms with Gasteiger partial charge in [-0.25, -0.2) is 0 Å². The number of hydrogen-bond acceptors (Lipinski definition) is 2. The van der Waals surface area contributed by atoms with Crippen LogP contribution in [0.1, 0.15) is 78.1 Å². The normalized spacial score (nSPS) is 35.1. The predicted molar refractivity (Wildman–Crippen MR) is 87.8 cm³/mol. The molecule has 1 saturated heterocycles. The average Bonchev–Trinajstić information content (AvgIpc) is 2.49. The van der Waals surface area contributed by atoms with Crippen LogP contribution >= 0.6 is 0 Å². The van der Waals surface area contributed by atoms with Gasteiger partial charge < -0.3 is 10.6 Å². The van der Waals surface area contributed by atoms with Gasteiger partial charge in [-0.2, -0.15) is 0 Å². The zero-order valence-electron chi connectivity index (χ0n) is 13.8. The van der Waals surface area contributed by atoms with Crippen LogP contribution in [0.3, 0.4) is 0 Å². The molecule has 0 aromatic heterocycles. The van der Waals surface area contributed by atoms with E-state index in [0.29, 0.717) is 6.17 Å². The van der Waals surface area contributed by atoms with Gasteiger partial charge in [0.25, 0.3) is 0 Å². The fourth-order valence-corrected chi connectivity index (χ4v) is 4.17. The second-order valence-electron chi connectivity index (χ2n) is 7.23. The topological polar surface area (TPSA) is 24.1 Å².